The van der Waals surface area contributed by atoms with Gasteiger partial charge >= 0.3 is 0 Å². The van der Waals surface area contributed by atoms with Gasteiger partial charge in [0, 0.05) is 43.3 Å². The Balaban J connectivity index is 1.31. The summed E-state index contributed by atoms with van der Waals surface area (Å²) in [4.78, 5) is 15.5. The van der Waals surface area contributed by atoms with Crippen LogP contribution in [0.4, 0.5) is 0 Å². The zero-order chi connectivity index (χ0) is 22.8. The number of likely N-dealkylation sites (tertiary alicyclic amines) is 1. The van der Waals surface area contributed by atoms with E-state index < -0.39 is 0 Å². The highest BCUT2D eigenvalue weighted by Gasteiger charge is 2.24. The number of benzene rings is 1. The molecule has 2 aliphatic rings. The number of nitrogens with zero attached hydrogens (tertiary/aromatic N) is 2. The van der Waals surface area contributed by atoms with Crippen molar-refractivity contribution in [1.82, 2.24) is 9.47 Å². The first-order valence-corrected chi connectivity index (χ1v) is 12.6. The fourth-order valence-electron chi connectivity index (χ4n) is 4.45. The van der Waals surface area contributed by atoms with Gasteiger partial charge in [0.1, 0.15) is 12.4 Å². The Morgan fingerprint density at radius 3 is 2.73 bits per heavy atom. The molecule has 1 N–H and O–H groups in total. The third-order valence-electron chi connectivity index (χ3n) is 6.51. The van der Waals surface area contributed by atoms with Gasteiger partial charge in [0.25, 0.3) is 0 Å². The van der Waals surface area contributed by atoms with E-state index in [1.165, 1.54) is 40.6 Å². The van der Waals surface area contributed by atoms with Crippen molar-refractivity contribution in [2.24, 2.45) is 5.92 Å². The van der Waals surface area contributed by atoms with E-state index in [9.17, 15) is 9.90 Å². The zero-order valence-electron chi connectivity index (χ0n) is 19.0. The Kier molecular flexibility index (Phi) is 6.55. The normalized spacial score (nSPS) is 17.2. The number of Topliss-reactive ketones (excluding diaryl/α,β-unsaturated/α-hetero) is 1. The minimum atomic E-state index is -0.151. The van der Waals surface area contributed by atoms with Crippen LogP contribution in [0.5, 0.6) is 5.75 Å². The third kappa shape index (κ3) is 5.50. The van der Waals surface area contributed by atoms with Gasteiger partial charge in [-0.25, -0.2) is 0 Å². The number of hydrogen-bond acceptors (Lipinski definition) is 5. The molecule has 6 heteroatoms. The van der Waals surface area contributed by atoms with Crippen LogP contribution in [0.1, 0.15) is 52.7 Å². The van der Waals surface area contributed by atoms with E-state index in [0.29, 0.717) is 6.61 Å². The topological polar surface area (TPSA) is 54.7 Å². The standard InChI is InChI=1S/C27H30N2O3S/c1-19(30)27-9-7-24(33-27)3-2-14-32-23-6-8-26-25(15-23)21(18-29(26)16-20-4-5-20)17-28-12-10-22(31)11-13-28/h6-9,15,18,20,22,31H,4-5,10-14,16-17H2,1H3. The Labute approximate surface area is 199 Å². The summed E-state index contributed by atoms with van der Waals surface area (Å²) in [5, 5.41) is 11.1. The van der Waals surface area contributed by atoms with Crippen LogP contribution in [-0.2, 0) is 13.1 Å². The van der Waals surface area contributed by atoms with Gasteiger partial charge in [-0.1, -0.05) is 11.8 Å². The molecule has 0 bridgehead atoms. The van der Waals surface area contributed by atoms with Crippen molar-refractivity contribution in [2.45, 2.75) is 51.8 Å². The number of aromatic nitrogens is 1. The highest BCUT2D eigenvalue weighted by atomic mass is 32.1. The molecule has 172 valence electrons. The van der Waals surface area contributed by atoms with Gasteiger partial charge in [0.15, 0.2) is 5.78 Å². The molecule has 1 aromatic carbocycles. The van der Waals surface area contributed by atoms with Gasteiger partial charge in [-0.2, -0.15) is 0 Å². The van der Waals surface area contributed by atoms with Crippen LogP contribution >= 0.6 is 11.3 Å². The lowest BCUT2D eigenvalue weighted by Gasteiger charge is -2.29. The number of piperidine rings is 1. The van der Waals surface area contributed by atoms with Crippen molar-refractivity contribution < 1.29 is 14.6 Å². The van der Waals surface area contributed by atoms with Gasteiger partial charge in [-0.15, -0.1) is 11.3 Å². The van der Waals surface area contributed by atoms with Gasteiger partial charge in [0.2, 0.25) is 0 Å². The number of ketones is 1. The van der Waals surface area contributed by atoms with Crippen LogP contribution in [0.15, 0.2) is 36.5 Å². The number of hydrogen-bond donors (Lipinski definition) is 1. The summed E-state index contributed by atoms with van der Waals surface area (Å²) < 4.78 is 8.37. The summed E-state index contributed by atoms with van der Waals surface area (Å²) in [5.74, 6) is 7.86. The fourth-order valence-corrected chi connectivity index (χ4v) is 5.23. The summed E-state index contributed by atoms with van der Waals surface area (Å²) in [6.07, 6.45) is 6.54. The van der Waals surface area contributed by atoms with Gasteiger partial charge < -0.3 is 14.4 Å². The molecule has 33 heavy (non-hydrogen) atoms. The largest absolute Gasteiger partial charge is 0.481 e. The van der Waals surface area contributed by atoms with Crippen molar-refractivity contribution in [3.8, 4) is 17.6 Å². The molecule has 1 saturated carbocycles. The number of aliphatic hydroxyl groups is 1. The monoisotopic (exact) mass is 462 g/mol. The number of rotatable bonds is 7. The molecular weight excluding hydrogens is 432 g/mol. The summed E-state index contributed by atoms with van der Waals surface area (Å²) in [6, 6.07) is 10.1. The first-order chi connectivity index (χ1) is 16.0. The van der Waals surface area contributed by atoms with Crippen LogP contribution < -0.4 is 4.74 Å². The summed E-state index contributed by atoms with van der Waals surface area (Å²) in [5.41, 5.74) is 2.59. The number of carbonyl (C=O) groups is 1. The Hall–Kier alpha value is -2.59. The molecule has 0 amide bonds. The van der Waals surface area contributed by atoms with Crippen molar-refractivity contribution in [3.05, 3.63) is 51.8 Å². The summed E-state index contributed by atoms with van der Waals surface area (Å²) in [6.45, 7) is 5.75. The molecule has 2 aromatic heterocycles. The second-order valence-electron chi connectivity index (χ2n) is 9.25. The quantitative estimate of drug-likeness (QED) is 0.408. The smallest absolute Gasteiger partial charge is 0.169 e. The molecule has 5 rings (SSSR count). The highest BCUT2D eigenvalue weighted by Crippen LogP contribution is 2.34. The van der Waals surface area contributed by atoms with Crippen molar-refractivity contribution in [1.29, 1.82) is 0 Å². The minimum Gasteiger partial charge on any atom is -0.481 e. The predicted octanol–water partition coefficient (Wildman–Crippen LogP) is 4.70. The Bertz CT molecular complexity index is 1200. The number of aliphatic hydroxyl groups excluding tert-OH is 1. The fraction of sp³-hybridized carbons (Fsp3) is 0.444. The number of thiophene rings is 1. The molecule has 0 radical (unpaired) electrons. The van der Waals surface area contributed by atoms with Crippen LogP contribution in [0, 0.1) is 17.8 Å². The molecule has 5 nitrogen and oxygen atoms in total. The molecule has 0 unspecified atom stereocenters. The maximum absolute atomic E-state index is 11.4. The molecule has 0 spiro atoms. The average molecular weight is 463 g/mol. The number of carbonyl (C=O) groups excluding carboxylic acids is 1. The minimum absolute atomic E-state index is 0.0720. The lowest BCUT2D eigenvalue weighted by Crippen LogP contribution is -2.35. The second kappa shape index (κ2) is 9.72. The van der Waals surface area contributed by atoms with Crippen molar-refractivity contribution in [3.63, 3.8) is 0 Å². The molecule has 1 aliphatic carbocycles. The number of fused-ring (bicyclic) bond motifs is 1. The molecule has 3 aromatic rings. The van der Waals surface area contributed by atoms with E-state index >= 15 is 0 Å². The van der Waals surface area contributed by atoms with E-state index in [1.54, 1.807) is 6.92 Å². The summed E-state index contributed by atoms with van der Waals surface area (Å²) >= 11 is 1.42. The van der Waals surface area contributed by atoms with Crippen LogP contribution in [-0.4, -0.2) is 46.2 Å². The maximum Gasteiger partial charge on any atom is 0.169 e. The lowest BCUT2D eigenvalue weighted by molar-refractivity contribution is 0.0794. The second-order valence-corrected chi connectivity index (χ2v) is 10.3. The maximum atomic E-state index is 11.4. The van der Waals surface area contributed by atoms with E-state index in [1.807, 2.05) is 18.2 Å². The average Bonchev–Trinajstić information content (AvgIpc) is 3.38. The van der Waals surface area contributed by atoms with E-state index in [2.05, 4.69) is 39.6 Å². The first kappa shape index (κ1) is 22.2. The molecular formula is C27H30N2O3S. The Morgan fingerprint density at radius 1 is 1.18 bits per heavy atom. The first-order valence-electron chi connectivity index (χ1n) is 11.8. The van der Waals surface area contributed by atoms with Crippen LogP contribution in [0.2, 0.25) is 0 Å². The van der Waals surface area contributed by atoms with E-state index in [0.717, 1.165) is 60.4 Å². The predicted molar refractivity (Wildman–Crippen MR) is 132 cm³/mol. The highest BCUT2D eigenvalue weighted by molar-refractivity contribution is 7.14. The SMILES string of the molecule is CC(=O)c1ccc(C#CCOc2ccc3c(c2)c(CN2CCC(O)CC2)cn3CC2CC2)s1. The third-order valence-corrected chi connectivity index (χ3v) is 7.62. The molecule has 2 fully saturated rings. The van der Waals surface area contributed by atoms with Crippen molar-refractivity contribution in [2.75, 3.05) is 19.7 Å². The Morgan fingerprint density at radius 2 is 2.00 bits per heavy atom. The molecule has 0 atom stereocenters. The van der Waals surface area contributed by atoms with E-state index in [-0.39, 0.29) is 11.9 Å². The number of ether oxygens (including phenoxy) is 1. The molecule has 3 heterocycles. The molecule has 1 aliphatic heterocycles. The molecule has 1 saturated heterocycles. The van der Waals surface area contributed by atoms with Crippen LogP contribution in [0.25, 0.3) is 10.9 Å². The van der Waals surface area contributed by atoms with Crippen molar-refractivity contribution >= 4 is 28.0 Å². The van der Waals surface area contributed by atoms with Gasteiger partial charge in [0.05, 0.1) is 15.9 Å². The zero-order valence-corrected chi connectivity index (χ0v) is 19.9. The van der Waals surface area contributed by atoms with Crippen LogP contribution in [0.3, 0.4) is 0 Å². The summed E-state index contributed by atoms with van der Waals surface area (Å²) in [7, 11) is 0. The van der Waals surface area contributed by atoms with E-state index in [4.69, 9.17) is 4.74 Å². The van der Waals surface area contributed by atoms with Gasteiger partial charge in [-0.3, -0.25) is 9.69 Å². The lowest BCUT2D eigenvalue weighted by atomic mass is 10.1. The van der Waals surface area contributed by atoms with Gasteiger partial charge in [-0.05, 0) is 74.4 Å².